The van der Waals surface area contributed by atoms with Crippen LogP contribution in [0.25, 0.3) is 17.2 Å². The second-order valence-corrected chi connectivity index (χ2v) is 6.74. The van der Waals surface area contributed by atoms with Gasteiger partial charge in [0.2, 0.25) is 5.13 Å². The second kappa shape index (κ2) is 7.76. The number of rotatable bonds is 5. The molecule has 1 N–H and O–H groups in total. The SMILES string of the molecule is COc1ccccc1C(=O)Nc1nc(-c2nnn(-c3cccc(F)c3)c2C)ns1. The third-order valence-corrected chi connectivity index (χ3v) is 4.79. The Morgan fingerprint density at radius 3 is 2.83 bits per heavy atom. The zero-order chi connectivity index (χ0) is 20.4. The summed E-state index contributed by atoms with van der Waals surface area (Å²) in [7, 11) is 1.50. The number of carbonyl (C=O) groups is 1. The Morgan fingerprint density at radius 2 is 2.03 bits per heavy atom. The van der Waals surface area contributed by atoms with Crippen LogP contribution in [0.3, 0.4) is 0 Å². The molecule has 0 fully saturated rings. The summed E-state index contributed by atoms with van der Waals surface area (Å²) in [4.78, 5) is 16.8. The molecule has 146 valence electrons. The fourth-order valence-electron chi connectivity index (χ4n) is 2.76. The highest BCUT2D eigenvalue weighted by Gasteiger charge is 2.19. The lowest BCUT2D eigenvalue weighted by molar-refractivity contribution is 0.102. The Kier molecular flexibility index (Phi) is 5.00. The number of amides is 1. The summed E-state index contributed by atoms with van der Waals surface area (Å²) in [6, 6.07) is 12.9. The number of nitrogens with one attached hydrogen (secondary N) is 1. The van der Waals surface area contributed by atoms with Gasteiger partial charge in [-0.2, -0.15) is 9.36 Å². The van der Waals surface area contributed by atoms with Crippen molar-refractivity contribution < 1.29 is 13.9 Å². The Morgan fingerprint density at radius 1 is 1.21 bits per heavy atom. The zero-order valence-electron chi connectivity index (χ0n) is 15.5. The van der Waals surface area contributed by atoms with E-state index in [0.717, 1.165) is 11.5 Å². The van der Waals surface area contributed by atoms with Crippen LogP contribution in [0.2, 0.25) is 0 Å². The topological polar surface area (TPSA) is 94.8 Å². The number of nitrogens with zero attached hydrogens (tertiary/aromatic N) is 5. The van der Waals surface area contributed by atoms with Gasteiger partial charge in [-0.05, 0) is 37.3 Å². The lowest BCUT2D eigenvalue weighted by Crippen LogP contribution is -2.12. The minimum atomic E-state index is -0.368. The molecule has 8 nitrogen and oxygen atoms in total. The highest BCUT2D eigenvalue weighted by atomic mass is 32.1. The average molecular weight is 410 g/mol. The standard InChI is InChI=1S/C19H15FN6O2S/c1-11-16(23-25-26(11)13-7-5-6-12(20)10-13)17-21-19(29-24-17)22-18(27)14-8-3-4-9-15(14)28-2/h3-10H,1-2H3,(H,21,22,24,27). The minimum Gasteiger partial charge on any atom is -0.496 e. The van der Waals surface area contributed by atoms with Gasteiger partial charge in [-0.25, -0.2) is 9.07 Å². The Hall–Kier alpha value is -3.66. The quantitative estimate of drug-likeness (QED) is 0.541. The molecule has 0 saturated heterocycles. The molecular formula is C19H15FN6O2S. The number of para-hydroxylation sites is 1. The van der Waals surface area contributed by atoms with E-state index >= 15 is 0 Å². The van der Waals surface area contributed by atoms with Crippen molar-refractivity contribution in [3.63, 3.8) is 0 Å². The molecule has 10 heteroatoms. The Bertz CT molecular complexity index is 1190. The molecule has 0 aliphatic carbocycles. The molecule has 1 amide bonds. The second-order valence-electron chi connectivity index (χ2n) is 5.99. The van der Waals surface area contributed by atoms with E-state index in [2.05, 4.69) is 25.0 Å². The maximum absolute atomic E-state index is 13.5. The van der Waals surface area contributed by atoms with Crippen molar-refractivity contribution in [2.75, 3.05) is 12.4 Å². The summed E-state index contributed by atoms with van der Waals surface area (Å²) in [6.45, 7) is 1.79. The molecule has 2 aromatic heterocycles. The Balaban J connectivity index is 1.58. The first-order chi connectivity index (χ1) is 14.1. The van der Waals surface area contributed by atoms with E-state index in [1.807, 2.05) is 0 Å². The number of anilines is 1. The predicted octanol–water partition coefficient (Wildman–Crippen LogP) is 3.49. The van der Waals surface area contributed by atoms with Crippen molar-refractivity contribution in [3.05, 3.63) is 65.6 Å². The third-order valence-electron chi connectivity index (χ3n) is 4.16. The van der Waals surface area contributed by atoms with Crippen molar-refractivity contribution in [1.82, 2.24) is 24.4 Å². The number of hydrogen-bond acceptors (Lipinski definition) is 7. The number of benzene rings is 2. The molecule has 0 bridgehead atoms. The molecule has 0 spiro atoms. The van der Waals surface area contributed by atoms with Gasteiger partial charge < -0.3 is 4.74 Å². The Labute approximate surface area is 169 Å². The summed E-state index contributed by atoms with van der Waals surface area (Å²) in [5.74, 6) is 0.0615. The van der Waals surface area contributed by atoms with E-state index in [1.165, 1.54) is 23.9 Å². The lowest BCUT2D eigenvalue weighted by atomic mass is 10.2. The van der Waals surface area contributed by atoms with Gasteiger partial charge in [0.25, 0.3) is 5.91 Å². The van der Waals surface area contributed by atoms with E-state index in [0.29, 0.717) is 39.3 Å². The van der Waals surface area contributed by atoms with Crippen LogP contribution < -0.4 is 10.1 Å². The van der Waals surface area contributed by atoms with Gasteiger partial charge in [-0.15, -0.1) is 5.10 Å². The first-order valence-corrected chi connectivity index (χ1v) is 9.31. The molecule has 0 aliphatic rings. The lowest BCUT2D eigenvalue weighted by Gasteiger charge is -2.06. The van der Waals surface area contributed by atoms with Crippen LogP contribution in [0.1, 0.15) is 16.1 Å². The summed E-state index contributed by atoms with van der Waals surface area (Å²) < 4.78 is 24.5. The smallest absolute Gasteiger partial charge is 0.261 e. The normalized spacial score (nSPS) is 10.7. The van der Waals surface area contributed by atoms with Crippen LogP contribution in [0.4, 0.5) is 9.52 Å². The minimum absolute atomic E-state index is 0.315. The highest BCUT2D eigenvalue weighted by molar-refractivity contribution is 7.10. The van der Waals surface area contributed by atoms with Gasteiger partial charge in [0.05, 0.1) is 24.1 Å². The molecule has 0 saturated carbocycles. The number of aromatic nitrogens is 5. The van der Waals surface area contributed by atoms with Gasteiger partial charge >= 0.3 is 0 Å². The summed E-state index contributed by atoms with van der Waals surface area (Å²) in [5, 5.41) is 11.2. The van der Waals surface area contributed by atoms with Crippen LogP contribution in [0, 0.1) is 12.7 Å². The largest absolute Gasteiger partial charge is 0.496 e. The maximum Gasteiger partial charge on any atom is 0.261 e. The van der Waals surface area contributed by atoms with E-state index < -0.39 is 0 Å². The molecule has 2 heterocycles. The molecule has 0 radical (unpaired) electrons. The zero-order valence-corrected chi connectivity index (χ0v) is 16.3. The van der Waals surface area contributed by atoms with E-state index in [-0.39, 0.29) is 11.7 Å². The van der Waals surface area contributed by atoms with Crippen LogP contribution in [-0.4, -0.2) is 37.4 Å². The number of hydrogen-bond donors (Lipinski definition) is 1. The fraction of sp³-hybridized carbons (Fsp3) is 0.105. The number of carbonyl (C=O) groups excluding carboxylic acids is 1. The van der Waals surface area contributed by atoms with Crippen molar-refractivity contribution in [2.24, 2.45) is 0 Å². The number of ether oxygens (including phenoxy) is 1. The average Bonchev–Trinajstić information content (AvgIpc) is 3.34. The molecule has 4 rings (SSSR count). The van der Waals surface area contributed by atoms with Gasteiger partial charge in [0.15, 0.2) is 11.5 Å². The fourth-order valence-corrected chi connectivity index (χ4v) is 3.32. The van der Waals surface area contributed by atoms with E-state index in [1.54, 1.807) is 43.3 Å². The van der Waals surface area contributed by atoms with Gasteiger partial charge in [0, 0.05) is 11.5 Å². The van der Waals surface area contributed by atoms with Crippen LogP contribution in [0.15, 0.2) is 48.5 Å². The van der Waals surface area contributed by atoms with Crippen LogP contribution in [0.5, 0.6) is 5.75 Å². The highest BCUT2D eigenvalue weighted by Crippen LogP contribution is 2.25. The molecular weight excluding hydrogens is 395 g/mol. The van der Waals surface area contributed by atoms with E-state index in [9.17, 15) is 9.18 Å². The van der Waals surface area contributed by atoms with E-state index in [4.69, 9.17) is 4.74 Å². The van der Waals surface area contributed by atoms with Crippen LogP contribution >= 0.6 is 11.5 Å². The molecule has 0 unspecified atom stereocenters. The molecule has 0 atom stereocenters. The molecule has 0 aliphatic heterocycles. The first-order valence-electron chi connectivity index (χ1n) is 8.53. The van der Waals surface area contributed by atoms with Gasteiger partial charge in [-0.3, -0.25) is 10.1 Å². The van der Waals surface area contributed by atoms with Crippen molar-refractivity contribution in [1.29, 1.82) is 0 Å². The number of methoxy groups -OCH3 is 1. The predicted molar refractivity (Wildman–Crippen MR) is 106 cm³/mol. The summed E-state index contributed by atoms with van der Waals surface area (Å²) in [5.41, 5.74) is 2.03. The van der Waals surface area contributed by atoms with Gasteiger partial charge in [0.1, 0.15) is 11.6 Å². The summed E-state index contributed by atoms with van der Waals surface area (Å²) >= 11 is 1.03. The number of halogens is 1. The van der Waals surface area contributed by atoms with Crippen molar-refractivity contribution >= 4 is 22.6 Å². The molecule has 4 aromatic rings. The first kappa shape index (κ1) is 18.7. The third kappa shape index (κ3) is 3.69. The van der Waals surface area contributed by atoms with Gasteiger partial charge in [-0.1, -0.05) is 23.4 Å². The van der Waals surface area contributed by atoms with Crippen molar-refractivity contribution in [2.45, 2.75) is 6.92 Å². The van der Waals surface area contributed by atoms with Crippen LogP contribution in [-0.2, 0) is 0 Å². The monoisotopic (exact) mass is 410 g/mol. The molecule has 2 aromatic carbocycles. The summed E-state index contributed by atoms with van der Waals surface area (Å²) in [6.07, 6.45) is 0. The maximum atomic E-state index is 13.5. The van der Waals surface area contributed by atoms with Crippen molar-refractivity contribution in [3.8, 4) is 23.0 Å². The molecule has 29 heavy (non-hydrogen) atoms.